The van der Waals surface area contributed by atoms with E-state index >= 15 is 0 Å². The van der Waals surface area contributed by atoms with E-state index in [2.05, 4.69) is 6.92 Å². The minimum absolute atomic E-state index is 0.125. The van der Waals surface area contributed by atoms with Crippen molar-refractivity contribution >= 4 is 21.2 Å². The Morgan fingerprint density at radius 3 is 2.79 bits per heavy atom. The van der Waals surface area contributed by atoms with Crippen molar-refractivity contribution < 1.29 is 8.42 Å². The van der Waals surface area contributed by atoms with E-state index in [1.54, 1.807) is 12.1 Å². The molecule has 19 heavy (non-hydrogen) atoms. The van der Waals surface area contributed by atoms with E-state index < -0.39 is 9.84 Å². The number of hydrogen-bond donors (Lipinski definition) is 1. The van der Waals surface area contributed by atoms with Gasteiger partial charge in [-0.3, -0.25) is 0 Å². The van der Waals surface area contributed by atoms with E-state index in [4.69, 9.17) is 5.73 Å². The SMILES string of the molecule is CCCC1CCC(CN)C(S(=O)(=O)c2cccs2)C1. The molecule has 3 nitrogen and oxygen atoms in total. The Bertz CT molecular complexity index is 482. The minimum atomic E-state index is -3.19. The first-order chi connectivity index (χ1) is 9.09. The summed E-state index contributed by atoms with van der Waals surface area (Å²) in [5, 5.41) is 1.55. The Labute approximate surface area is 120 Å². The zero-order chi connectivity index (χ0) is 13.9. The van der Waals surface area contributed by atoms with Gasteiger partial charge in [0.15, 0.2) is 9.84 Å². The van der Waals surface area contributed by atoms with E-state index in [-0.39, 0.29) is 11.2 Å². The molecule has 0 aliphatic heterocycles. The fraction of sp³-hybridized carbons (Fsp3) is 0.714. The monoisotopic (exact) mass is 301 g/mol. The van der Waals surface area contributed by atoms with Gasteiger partial charge in [-0.05, 0) is 42.7 Å². The smallest absolute Gasteiger partial charge is 0.190 e. The molecule has 1 aromatic rings. The van der Waals surface area contributed by atoms with Crippen LogP contribution in [0, 0.1) is 11.8 Å². The van der Waals surface area contributed by atoms with Crippen LogP contribution in [0.15, 0.2) is 21.7 Å². The van der Waals surface area contributed by atoms with Crippen LogP contribution in [-0.4, -0.2) is 20.2 Å². The summed E-state index contributed by atoms with van der Waals surface area (Å²) in [7, 11) is -3.19. The maximum atomic E-state index is 12.7. The van der Waals surface area contributed by atoms with Gasteiger partial charge in [-0.1, -0.05) is 32.3 Å². The van der Waals surface area contributed by atoms with Crippen molar-refractivity contribution in [3.63, 3.8) is 0 Å². The minimum Gasteiger partial charge on any atom is -0.330 e. The molecule has 1 aliphatic carbocycles. The van der Waals surface area contributed by atoms with Gasteiger partial charge in [-0.25, -0.2) is 8.42 Å². The maximum absolute atomic E-state index is 12.7. The van der Waals surface area contributed by atoms with Gasteiger partial charge in [0.1, 0.15) is 4.21 Å². The molecule has 2 N–H and O–H groups in total. The van der Waals surface area contributed by atoms with Crippen molar-refractivity contribution in [1.82, 2.24) is 0 Å². The van der Waals surface area contributed by atoms with Gasteiger partial charge in [0.05, 0.1) is 5.25 Å². The molecule has 2 rings (SSSR count). The second kappa shape index (κ2) is 6.37. The number of hydrogen-bond acceptors (Lipinski definition) is 4. The second-order valence-electron chi connectivity index (χ2n) is 5.48. The summed E-state index contributed by atoms with van der Waals surface area (Å²) >= 11 is 1.32. The molecule has 1 fully saturated rings. The van der Waals surface area contributed by atoms with Gasteiger partial charge in [0.25, 0.3) is 0 Å². The standard InChI is InChI=1S/C14H23NO2S2/c1-2-4-11-6-7-12(10-15)13(9-11)19(16,17)14-5-3-8-18-14/h3,5,8,11-13H,2,4,6-7,9-10,15H2,1H3. The molecule has 0 radical (unpaired) electrons. The Morgan fingerprint density at radius 2 is 2.21 bits per heavy atom. The van der Waals surface area contributed by atoms with Crippen LogP contribution in [0.1, 0.15) is 39.0 Å². The predicted molar refractivity (Wildman–Crippen MR) is 80.1 cm³/mol. The Balaban J connectivity index is 2.23. The average molecular weight is 301 g/mol. The van der Waals surface area contributed by atoms with Crippen LogP contribution in [0.4, 0.5) is 0 Å². The number of rotatable bonds is 5. The van der Waals surface area contributed by atoms with Crippen molar-refractivity contribution in [3.05, 3.63) is 17.5 Å². The summed E-state index contributed by atoms with van der Waals surface area (Å²) in [4.78, 5) is 0. The molecule has 3 unspecified atom stereocenters. The van der Waals surface area contributed by atoms with Gasteiger partial charge in [0, 0.05) is 0 Å². The Morgan fingerprint density at radius 1 is 1.42 bits per heavy atom. The van der Waals surface area contributed by atoms with Crippen LogP contribution in [-0.2, 0) is 9.84 Å². The molecule has 0 spiro atoms. The third kappa shape index (κ3) is 3.20. The first kappa shape index (κ1) is 15.0. The summed E-state index contributed by atoms with van der Waals surface area (Å²) in [6.07, 6.45) is 5.13. The zero-order valence-electron chi connectivity index (χ0n) is 11.4. The summed E-state index contributed by atoms with van der Waals surface area (Å²) in [6.45, 7) is 2.64. The fourth-order valence-corrected chi connectivity index (χ4v) is 6.54. The lowest BCUT2D eigenvalue weighted by Crippen LogP contribution is -2.39. The van der Waals surface area contributed by atoms with Gasteiger partial charge < -0.3 is 5.73 Å². The molecule has 0 amide bonds. The van der Waals surface area contributed by atoms with E-state index in [9.17, 15) is 8.42 Å². The van der Waals surface area contributed by atoms with E-state index in [1.165, 1.54) is 11.3 Å². The molecule has 1 heterocycles. The van der Waals surface area contributed by atoms with Crippen LogP contribution in [0.3, 0.4) is 0 Å². The zero-order valence-corrected chi connectivity index (χ0v) is 13.1. The molecule has 3 atom stereocenters. The van der Waals surface area contributed by atoms with Gasteiger partial charge in [-0.15, -0.1) is 11.3 Å². The van der Waals surface area contributed by atoms with Crippen molar-refractivity contribution in [1.29, 1.82) is 0 Å². The molecular formula is C14H23NO2S2. The van der Waals surface area contributed by atoms with Crippen LogP contribution >= 0.6 is 11.3 Å². The summed E-state index contributed by atoms with van der Waals surface area (Å²) in [5.74, 6) is 0.674. The first-order valence-corrected chi connectivity index (χ1v) is 9.49. The van der Waals surface area contributed by atoms with Gasteiger partial charge in [0.2, 0.25) is 0 Å². The normalized spacial score (nSPS) is 28.4. The highest BCUT2D eigenvalue weighted by Crippen LogP contribution is 2.38. The van der Waals surface area contributed by atoms with Crippen LogP contribution in [0.25, 0.3) is 0 Å². The van der Waals surface area contributed by atoms with Crippen LogP contribution in [0.5, 0.6) is 0 Å². The maximum Gasteiger partial charge on any atom is 0.190 e. The number of thiophene rings is 1. The molecule has 0 saturated heterocycles. The van der Waals surface area contributed by atoms with E-state index in [1.807, 2.05) is 5.38 Å². The molecule has 108 valence electrons. The predicted octanol–water partition coefficient (Wildman–Crippen LogP) is 3.07. The third-order valence-corrected chi connectivity index (χ3v) is 7.93. The summed E-state index contributed by atoms with van der Waals surface area (Å²) in [6, 6.07) is 3.53. The van der Waals surface area contributed by atoms with Crippen molar-refractivity contribution in [2.45, 2.75) is 48.5 Å². The van der Waals surface area contributed by atoms with Gasteiger partial charge >= 0.3 is 0 Å². The van der Waals surface area contributed by atoms with E-state index in [0.29, 0.717) is 16.7 Å². The Kier molecular flexibility index (Phi) is 5.03. The Hall–Kier alpha value is -0.390. The largest absolute Gasteiger partial charge is 0.330 e. The lowest BCUT2D eigenvalue weighted by Gasteiger charge is -2.34. The lowest BCUT2D eigenvalue weighted by atomic mass is 9.80. The van der Waals surface area contributed by atoms with Crippen molar-refractivity contribution in [2.75, 3.05) is 6.54 Å². The molecular weight excluding hydrogens is 278 g/mol. The van der Waals surface area contributed by atoms with E-state index in [0.717, 1.165) is 32.1 Å². The number of sulfone groups is 1. The highest BCUT2D eigenvalue weighted by atomic mass is 32.2. The molecule has 0 bridgehead atoms. The molecule has 1 aromatic heterocycles. The summed E-state index contributed by atoms with van der Waals surface area (Å²) < 4.78 is 26.0. The number of nitrogens with two attached hydrogens (primary N) is 1. The molecule has 1 aliphatic rings. The molecule has 1 saturated carbocycles. The fourth-order valence-electron chi connectivity index (χ4n) is 3.17. The van der Waals surface area contributed by atoms with Gasteiger partial charge in [-0.2, -0.15) is 0 Å². The third-order valence-electron chi connectivity index (χ3n) is 4.21. The quantitative estimate of drug-likeness (QED) is 0.909. The molecule has 0 aromatic carbocycles. The van der Waals surface area contributed by atoms with Crippen LogP contribution in [0.2, 0.25) is 0 Å². The first-order valence-electron chi connectivity index (χ1n) is 7.07. The molecule has 5 heteroatoms. The average Bonchev–Trinajstić information content (AvgIpc) is 2.93. The second-order valence-corrected chi connectivity index (χ2v) is 8.82. The lowest BCUT2D eigenvalue weighted by molar-refractivity contribution is 0.268. The highest BCUT2D eigenvalue weighted by Gasteiger charge is 2.39. The highest BCUT2D eigenvalue weighted by molar-refractivity contribution is 7.94. The van der Waals surface area contributed by atoms with Crippen molar-refractivity contribution in [3.8, 4) is 0 Å². The topological polar surface area (TPSA) is 60.2 Å². The van der Waals surface area contributed by atoms with Crippen LogP contribution < -0.4 is 5.73 Å². The van der Waals surface area contributed by atoms with Crippen molar-refractivity contribution in [2.24, 2.45) is 17.6 Å². The summed E-state index contributed by atoms with van der Waals surface area (Å²) in [5.41, 5.74) is 5.80.